The molecule has 0 heterocycles. The first-order chi connectivity index (χ1) is 6.16. The molecule has 0 aromatic heterocycles. The lowest BCUT2D eigenvalue weighted by atomic mass is 9.85. The maximum absolute atomic E-state index is 11.1. The molecule has 0 amide bonds. The van der Waals surface area contributed by atoms with Gasteiger partial charge in [0.15, 0.2) is 6.29 Å². The average molecular weight is 182 g/mol. The lowest BCUT2D eigenvalue weighted by Crippen LogP contribution is -2.42. The Morgan fingerprint density at radius 2 is 2.23 bits per heavy atom. The number of carbonyl (C=O) groups excluding carboxylic acids is 1. The summed E-state index contributed by atoms with van der Waals surface area (Å²) in [7, 11) is 0. The summed E-state index contributed by atoms with van der Waals surface area (Å²) in [6, 6.07) is 0. The lowest BCUT2D eigenvalue weighted by Gasteiger charge is -2.34. The molecule has 0 spiro atoms. The maximum Gasteiger partial charge on any atom is 0.152 e. The molecule has 3 atom stereocenters. The highest BCUT2D eigenvalue weighted by atomic mass is 16.5. The normalized spacial score (nSPS) is 43.0. The van der Waals surface area contributed by atoms with Crippen LogP contribution in [0.2, 0.25) is 0 Å². The molecule has 2 heteroatoms. The zero-order valence-electron chi connectivity index (χ0n) is 8.45. The quantitative estimate of drug-likeness (QED) is 0.625. The predicted octanol–water partition coefficient (Wildman–Crippen LogP) is 2.17. The fourth-order valence-electron chi connectivity index (χ4n) is 3.08. The summed E-state index contributed by atoms with van der Waals surface area (Å²) in [5, 5.41) is 0. The van der Waals surface area contributed by atoms with Crippen molar-refractivity contribution >= 4 is 6.29 Å². The monoisotopic (exact) mass is 182 g/mol. The minimum Gasteiger partial charge on any atom is -0.365 e. The summed E-state index contributed by atoms with van der Waals surface area (Å²) in [6.45, 7) is 4.02. The van der Waals surface area contributed by atoms with Gasteiger partial charge in [-0.25, -0.2) is 0 Å². The molecule has 2 bridgehead atoms. The number of carbonyl (C=O) groups is 1. The molecule has 0 radical (unpaired) electrons. The predicted molar refractivity (Wildman–Crippen MR) is 50.5 cm³/mol. The minimum absolute atomic E-state index is 0.171. The molecule has 0 aromatic carbocycles. The third-order valence-electron chi connectivity index (χ3n) is 3.49. The van der Waals surface area contributed by atoms with E-state index in [2.05, 4.69) is 0 Å². The van der Waals surface area contributed by atoms with Crippen LogP contribution >= 0.6 is 0 Å². The van der Waals surface area contributed by atoms with Gasteiger partial charge in [-0.15, -0.1) is 0 Å². The highest BCUT2D eigenvalue weighted by Crippen LogP contribution is 2.51. The van der Waals surface area contributed by atoms with Crippen LogP contribution in [0.5, 0.6) is 0 Å². The van der Waals surface area contributed by atoms with Crippen LogP contribution in [0.25, 0.3) is 0 Å². The van der Waals surface area contributed by atoms with Crippen LogP contribution in [0.3, 0.4) is 0 Å². The first kappa shape index (κ1) is 9.20. The fraction of sp³-hybridized carbons (Fsp3) is 0.909. The number of hydrogen-bond acceptors (Lipinski definition) is 2. The van der Waals surface area contributed by atoms with Gasteiger partial charge in [0.2, 0.25) is 0 Å². The highest BCUT2D eigenvalue weighted by Gasteiger charge is 2.52. The van der Waals surface area contributed by atoms with Crippen molar-refractivity contribution in [3.63, 3.8) is 0 Å². The molecule has 3 unspecified atom stereocenters. The van der Waals surface area contributed by atoms with Gasteiger partial charge in [0.1, 0.15) is 5.60 Å². The van der Waals surface area contributed by atoms with Gasteiger partial charge in [-0.2, -0.15) is 0 Å². The Morgan fingerprint density at radius 3 is 2.62 bits per heavy atom. The van der Waals surface area contributed by atoms with Gasteiger partial charge in [0, 0.05) is 0 Å². The van der Waals surface area contributed by atoms with E-state index in [1.165, 1.54) is 19.3 Å². The van der Waals surface area contributed by atoms with E-state index in [9.17, 15) is 4.79 Å². The van der Waals surface area contributed by atoms with Crippen molar-refractivity contribution in [1.29, 1.82) is 0 Å². The summed E-state index contributed by atoms with van der Waals surface area (Å²) >= 11 is 0. The Hall–Kier alpha value is -0.370. The van der Waals surface area contributed by atoms with Crippen molar-refractivity contribution in [2.75, 3.05) is 0 Å². The summed E-state index contributed by atoms with van der Waals surface area (Å²) in [5.41, 5.74) is -0.406. The Balaban J connectivity index is 2.12. The molecule has 74 valence electrons. The first-order valence-electron chi connectivity index (χ1n) is 5.30. The molecule has 2 aliphatic rings. The highest BCUT2D eigenvalue weighted by molar-refractivity contribution is 5.64. The van der Waals surface area contributed by atoms with Gasteiger partial charge in [0.05, 0.1) is 6.10 Å². The van der Waals surface area contributed by atoms with E-state index in [1.807, 2.05) is 13.8 Å². The van der Waals surface area contributed by atoms with Crippen molar-refractivity contribution < 1.29 is 9.53 Å². The standard InChI is InChI=1S/C11H18O2/c1-8(2)13-11(7-12)6-9-3-4-10(11)5-9/h7-10H,3-6H2,1-2H3. The van der Waals surface area contributed by atoms with Gasteiger partial charge in [0.25, 0.3) is 0 Å². The van der Waals surface area contributed by atoms with Crippen LogP contribution in [0, 0.1) is 11.8 Å². The molecule has 2 aliphatic carbocycles. The van der Waals surface area contributed by atoms with Crippen LogP contribution in [0.4, 0.5) is 0 Å². The fourth-order valence-corrected chi connectivity index (χ4v) is 3.08. The molecule has 0 saturated heterocycles. The summed E-state index contributed by atoms with van der Waals surface area (Å²) < 4.78 is 5.81. The molecule has 0 aliphatic heterocycles. The molecule has 13 heavy (non-hydrogen) atoms. The van der Waals surface area contributed by atoms with Crippen molar-refractivity contribution in [3.05, 3.63) is 0 Å². The van der Waals surface area contributed by atoms with Gasteiger partial charge >= 0.3 is 0 Å². The number of rotatable bonds is 3. The largest absolute Gasteiger partial charge is 0.365 e. The van der Waals surface area contributed by atoms with E-state index in [0.29, 0.717) is 5.92 Å². The van der Waals surface area contributed by atoms with Crippen molar-refractivity contribution in [2.45, 2.75) is 51.2 Å². The van der Waals surface area contributed by atoms with E-state index >= 15 is 0 Å². The summed E-state index contributed by atoms with van der Waals surface area (Å²) in [4.78, 5) is 11.1. The Morgan fingerprint density at radius 1 is 1.46 bits per heavy atom. The third-order valence-corrected chi connectivity index (χ3v) is 3.49. The van der Waals surface area contributed by atoms with Crippen molar-refractivity contribution in [3.8, 4) is 0 Å². The molecule has 0 N–H and O–H groups in total. The number of hydrogen-bond donors (Lipinski definition) is 0. The van der Waals surface area contributed by atoms with Crippen molar-refractivity contribution in [1.82, 2.24) is 0 Å². The van der Waals surface area contributed by atoms with Crippen LogP contribution < -0.4 is 0 Å². The molecule has 2 nitrogen and oxygen atoms in total. The second-order valence-corrected chi connectivity index (χ2v) is 4.82. The van der Waals surface area contributed by atoms with Gasteiger partial charge in [-0.05, 0) is 51.4 Å². The van der Waals surface area contributed by atoms with E-state index in [1.54, 1.807) is 0 Å². The molecular weight excluding hydrogens is 164 g/mol. The molecule has 2 saturated carbocycles. The number of aldehydes is 1. The third kappa shape index (κ3) is 1.41. The summed E-state index contributed by atoms with van der Waals surface area (Å²) in [6.07, 6.45) is 5.92. The zero-order chi connectivity index (χ0) is 9.47. The SMILES string of the molecule is CC(C)OC1(C=O)CC2CCC1C2. The van der Waals surface area contributed by atoms with E-state index in [-0.39, 0.29) is 6.10 Å². The van der Waals surface area contributed by atoms with Crippen LogP contribution in [-0.4, -0.2) is 18.0 Å². The summed E-state index contributed by atoms with van der Waals surface area (Å²) in [5.74, 6) is 1.27. The van der Waals surface area contributed by atoms with Crippen LogP contribution in [-0.2, 0) is 9.53 Å². The molecule has 0 aromatic rings. The van der Waals surface area contributed by atoms with E-state index < -0.39 is 5.60 Å². The Bertz CT molecular complexity index is 212. The smallest absolute Gasteiger partial charge is 0.152 e. The van der Waals surface area contributed by atoms with Crippen molar-refractivity contribution in [2.24, 2.45) is 11.8 Å². The van der Waals surface area contributed by atoms with E-state index in [0.717, 1.165) is 18.6 Å². The number of ether oxygens (including phenoxy) is 1. The average Bonchev–Trinajstić information content (AvgIpc) is 2.62. The van der Waals surface area contributed by atoms with Gasteiger partial charge in [-0.3, -0.25) is 0 Å². The molecule has 2 fully saturated rings. The van der Waals surface area contributed by atoms with Gasteiger partial charge < -0.3 is 9.53 Å². The topological polar surface area (TPSA) is 26.3 Å². The molecular formula is C11H18O2. The lowest BCUT2D eigenvalue weighted by molar-refractivity contribution is -0.147. The second-order valence-electron chi connectivity index (χ2n) is 4.82. The van der Waals surface area contributed by atoms with Gasteiger partial charge in [-0.1, -0.05) is 0 Å². The Kier molecular flexibility index (Phi) is 2.18. The molecule has 2 rings (SSSR count). The Labute approximate surface area is 79.7 Å². The zero-order valence-corrected chi connectivity index (χ0v) is 8.45. The van der Waals surface area contributed by atoms with Crippen LogP contribution in [0.1, 0.15) is 39.5 Å². The number of fused-ring (bicyclic) bond motifs is 2. The first-order valence-corrected chi connectivity index (χ1v) is 5.30. The maximum atomic E-state index is 11.1. The minimum atomic E-state index is -0.406. The van der Waals surface area contributed by atoms with E-state index in [4.69, 9.17) is 4.74 Å². The van der Waals surface area contributed by atoms with Crippen LogP contribution in [0.15, 0.2) is 0 Å². The second kappa shape index (κ2) is 3.09.